The summed E-state index contributed by atoms with van der Waals surface area (Å²) in [6.45, 7) is 2.94. The Balaban J connectivity index is 0.879. The molecule has 2 heterocycles. The fourth-order valence-electron chi connectivity index (χ4n) is 12.5. The molecule has 17 N–H and O–H groups in total. The molecule has 2 aliphatic rings. The third-order valence-corrected chi connectivity index (χ3v) is 20.9. The van der Waals surface area contributed by atoms with Crippen molar-refractivity contribution in [3.05, 3.63) is 118 Å². The minimum absolute atomic E-state index is 0.00548. The van der Waals surface area contributed by atoms with Gasteiger partial charge in [-0.25, -0.2) is 29.4 Å². The Morgan fingerprint density at radius 3 is 1.73 bits per heavy atom. The van der Waals surface area contributed by atoms with Gasteiger partial charge >= 0.3 is 42.0 Å². The number of carboxylic acid groups (broad SMARTS) is 5. The summed E-state index contributed by atoms with van der Waals surface area (Å²) in [6.07, 6.45) is -0.447. The number of nitrogens with zero attached hydrogens (tertiary/aromatic N) is 3. The number of phenolic OH excluding ortho intramolecular Hbond substituents is 1. The van der Waals surface area contributed by atoms with E-state index in [1.807, 2.05) is 5.32 Å². The summed E-state index contributed by atoms with van der Waals surface area (Å²) in [5, 5.41) is 83.1. The quantitative estimate of drug-likeness (QED) is 0.0148. The molecule has 5 aromatic rings. The van der Waals surface area contributed by atoms with Crippen LogP contribution in [0.2, 0.25) is 0 Å². The van der Waals surface area contributed by atoms with Crippen molar-refractivity contribution in [2.24, 2.45) is 10.8 Å². The van der Waals surface area contributed by atoms with E-state index in [2.05, 4.69) is 52.6 Å². The molecular weight excluding hydrogens is 1560 g/mol. The van der Waals surface area contributed by atoms with Crippen molar-refractivity contribution in [3.8, 4) is 34.3 Å². The molecule has 9 amide bonds. The Labute approximate surface area is 673 Å². The first-order chi connectivity index (χ1) is 55.6. The van der Waals surface area contributed by atoms with Gasteiger partial charge in [-0.05, 0) is 67.5 Å². The van der Waals surface area contributed by atoms with Gasteiger partial charge < -0.3 is 107 Å². The van der Waals surface area contributed by atoms with Crippen LogP contribution < -0.4 is 73.5 Å². The maximum atomic E-state index is 14.6. The maximum absolute atomic E-state index is 14.6. The lowest BCUT2D eigenvalue weighted by atomic mass is 10.0. The van der Waals surface area contributed by atoms with Crippen LogP contribution >= 0.6 is 21.6 Å². The summed E-state index contributed by atoms with van der Waals surface area (Å²) in [5.41, 5.74) is 11.4. The topological polar surface area (TPSA) is 561 Å². The average Bonchev–Trinajstić information content (AvgIpc) is 1.42. The zero-order valence-corrected chi connectivity index (χ0v) is 65.6. The van der Waals surface area contributed by atoms with E-state index in [1.165, 1.54) is 27.4 Å². The van der Waals surface area contributed by atoms with Crippen LogP contribution in [-0.2, 0) is 81.6 Å². The summed E-state index contributed by atoms with van der Waals surface area (Å²) in [7, 11) is 6.26. The Hall–Kier alpha value is -11.8. The number of carboxylic acids is 5. The molecule has 0 spiro atoms. The SMILES string of the molecule is COc1cc2c(cc1O)C(=NNC(=O)OCCSSCC(NC(=O)C(CC(=O)O)NC(=O)C(N)CNC(=O)C(Cc1ccccc1)NC(=O)C(Cc1ccccc1)NC(=O)CCCCCCCNC(=O)CCC(NC(=O)NC(CCC(=O)O)C(=O)O)C(=O)O)C(=O)O)c1c-2n(CCCN2CCOCC2)c(=O)c2cc(OC)c(OC)cc12. The molecule has 0 radical (unpaired) electrons. The zero-order valence-electron chi connectivity index (χ0n) is 64.0. The summed E-state index contributed by atoms with van der Waals surface area (Å²) < 4.78 is 29.3. The third kappa shape index (κ3) is 28.4. The van der Waals surface area contributed by atoms with Gasteiger partial charge in [-0.2, -0.15) is 5.10 Å². The molecule has 628 valence electrons. The number of amides is 9. The number of pyridine rings is 1. The number of aromatic nitrogens is 1. The Morgan fingerprint density at radius 1 is 0.560 bits per heavy atom. The molecule has 0 saturated carbocycles. The van der Waals surface area contributed by atoms with Crippen molar-refractivity contribution in [1.82, 2.24) is 57.4 Å². The van der Waals surface area contributed by atoms with Gasteiger partial charge in [-0.15, -0.1) is 0 Å². The number of morpholine rings is 1. The Bertz CT molecular complexity index is 4400. The first kappa shape index (κ1) is 91.4. The number of aliphatic carboxylic acids is 5. The van der Waals surface area contributed by atoms with Crippen molar-refractivity contribution in [1.29, 1.82) is 0 Å². The first-order valence-corrected chi connectivity index (χ1v) is 39.7. The molecule has 116 heavy (non-hydrogen) atoms. The minimum atomic E-state index is -1.88. The fraction of sp³-hybridized carbons (Fsp3) is 0.461. The first-order valence-electron chi connectivity index (χ1n) is 37.2. The lowest BCUT2D eigenvalue weighted by Crippen LogP contribution is -2.58. The second kappa shape index (κ2) is 46.6. The minimum Gasteiger partial charge on any atom is -0.504 e. The van der Waals surface area contributed by atoms with Crippen molar-refractivity contribution in [2.75, 3.05) is 85.4 Å². The lowest BCUT2D eigenvalue weighted by molar-refractivity contribution is -0.143. The Morgan fingerprint density at radius 2 is 1.13 bits per heavy atom. The zero-order chi connectivity index (χ0) is 84.4. The number of aromatic hydroxyl groups is 1. The molecule has 7 rings (SSSR count). The number of hydrogen-bond donors (Lipinski definition) is 16. The highest BCUT2D eigenvalue weighted by atomic mass is 33.1. The van der Waals surface area contributed by atoms with Gasteiger partial charge in [0.2, 0.25) is 35.4 Å². The van der Waals surface area contributed by atoms with E-state index in [9.17, 15) is 92.7 Å². The molecule has 1 aliphatic carbocycles. The standard InChI is InChI=1S/C76H97N13O25S2/c1-110-57-38-47-46(36-56(57)90)65(64-45-37-58(111-2)59(112-3)39-48(45)71(101)89(66(47)64)27-15-26-88-28-30-113-31-29-88)86-87-76(109)114-32-33-115-116-42-55(74(106)107)83-70(100)54(40-63(95)96)81-67(97)49(77)41-79-68(98)52(34-43-16-9-7-10-17-43)82-69(99)53(35-44-18-11-8-12-19-44)80-61(92)20-13-5-4-6-14-25-78-60(91)23-21-50(72(102)103)84-75(108)85-51(73(104)105)22-24-62(93)94/h7-12,16-19,36-39,49-55,90H,4-6,13-15,20-35,40-42,77H2,1-3H3,(H,78,91)(H,79,98)(H,80,92)(H,81,97)(H,82,99)(H,83,100)(H,87,109)(H,93,94)(H,95,96)(H,102,103)(H,104,105)(H,106,107)(H2,84,85,108). The number of phenols is 1. The van der Waals surface area contributed by atoms with E-state index in [0.29, 0.717) is 103 Å². The number of hydrazone groups is 1. The number of urea groups is 1. The van der Waals surface area contributed by atoms with Gasteiger partial charge in [0.1, 0.15) is 54.6 Å². The Kier molecular flexibility index (Phi) is 36.7. The molecule has 1 aliphatic heterocycles. The molecule has 4 aromatic carbocycles. The van der Waals surface area contributed by atoms with E-state index >= 15 is 0 Å². The van der Waals surface area contributed by atoms with Gasteiger partial charge in [-0.1, -0.05) is 102 Å². The predicted molar refractivity (Wildman–Crippen MR) is 422 cm³/mol. The number of benzene rings is 4. The van der Waals surface area contributed by atoms with E-state index in [1.54, 1.807) is 83.4 Å². The van der Waals surface area contributed by atoms with Gasteiger partial charge in [-0.3, -0.25) is 48.1 Å². The van der Waals surface area contributed by atoms with Crippen LogP contribution in [-0.4, -0.2) is 251 Å². The number of methoxy groups -OCH3 is 3. The summed E-state index contributed by atoms with van der Waals surface area (Å²) in [6, 6.07) is 11.4. The van der Waals surface area contributed by atoms with E-state index in [-0.39, 0.29) is 97.2 Å². The number of carbonyl (C=O) groups excluding carboxylic acids is 8. The molecule has 7 unspecified atom stereocenters. The van der Waals surface area contributed by atoms with Crippen LogP contribution in [0.4, 0.5) is 9.59 Å². The van der Waals surface area contributed by atoms with Crippen molar-refractivity contribution < 1.29 is 117 Å². The van der Waals surface area contributed by atoms with Crippen molar-refractivity contribution >= 4 is 115 Å². The number of unbranched alkanes of at least 4 members (excludes halogenated alkanes) is 4. The third-order valence-electron chi connectivity index (χ3n) is 18.5. The molecule has 1 saturated heterocycles. The maximum Gasteiger partial charge on any atom is 0.427 e. The van der Waals surface area contributed by atoms with Crippen LogP contribution in [0, 0.1) is 0 Å². The molecule has 38 nitrogen and oxygen atoms in total. The van der Waals surface area contributed by atoms with Crippen molar-refractivity contribution in [2.45, 2.75) is 139 Å². The number of hydrogen-bond acceptors (Lipinski definition) is 25. The number of ether oxygens (including phenoxy) is 5. The summed E-state index contributed by atoms with van der Waals surface area (Å²) in [4.78, 5) is 183. The number of carbonyl (C=O) groups is 13. The highest BCUT2D eigenvalue weighted by Gasteiger charge is 2.37. The van der Waals surface area contributed by atoms with Crippen molar-refractivity contribution in [3.63, 3.8) is 0 Å². The van der Waals surface area contributed by atoms with E-state index in [0.717, 1.165) is 34.7 Å². The summed E-state index contributed by atoms with van der Waals surface area (Å²) >= 11 is 0. The molecule has 1 fully saturated rings. The predicted octanol–water partition coefficient (Wildman–Crippen LogP) is 2.03. The van der Waals surface area contributed by atoms with Crippen LogP contribution in [0.5, 0.6) is 23.0 Å². The molecule has 40 heteroatoms. The second-order valence-corrected chi connectivity index (χ2v) is 29.5. The van der Waals surface area contributed by atoms with Crippen LogP contribution in [0.25, 0.3) is 22.0 Å². The van der Waals surface area contributed by atoms with Crippen LogP contribution in [0.1, 0.15) is 99.3 Å². The van der Waals surface area contributed by atoms with Gasteiger partial charge in [0, 0.05) is 105 Å². The monoisotopic (exact) mass is 1660 g/mol. The highest BCUT2D eigenvalue weighted by Crippen LogP contribution is 2.46. The lowest BCUT2D eigenvalue weighted by Gasteiger charge is -2.26. The average molecular weight is 1660 g/mol. The molecule has 0 bridgehead atoms. The van der Waals surface area contributed by atoms with Crippen LogP contribution in [0.15, 0.2) is 94.8 Å². The van der Waals surface area contributed by atoms with Gasteiger partial charge in [0.15, 0.2) is 23.0 Å². The number of nitrogens with one attached hydrogen (secondary N) is 9. The second-order valence-electron chi connectivity index (χ2n) is 26.8. The normalized spacial score (nSPS) is 14.4. The van der Waals surface area contributed by atoms with E-state index in [4.69, 9.17) is 34.5 Å². The van der Waals surface area contributed by atoms with Gasteiger partial charge in [0.05, 0.1) is 52.0 Å². The number of rotatable bonds is 49. The fourth-order valence-corrected chi connectivity index (χ4v) is 14.5. The molecule has 7 atom stereocenters. The smallest absolute Gasteiger partial charge is 0.427 e. The molecule has 1 aromatic heterocycles. The van der Waals surface area contributed by atoms with Crippen LogP contribution in [0.3, 0.4) is 0 Å². The number of nitrogens with two attached hydrogens (primary N) is 1. The molecular formula is C76H97N13O25S2. The summed E-state index contributed by atoms with van der Waals surface area (Å²) in [5.74, 6) is -12.1. The highest BCUT2D eigenvalue weighted by molar-refractivity contribution is 8.76. The van der Waals surface area contributed by atoms with E-state index < -0.39 is 146 Å². The largest absolute Gasteiger partial charge is 0.504 e. The number of fused-ring (bicyclic) bond motifs is 5. The van der Waals surface area contributed by atoms with Gasteiger partial charge in [0.25, 0.3) is 5.56 Å².